The van der Waals surface area contributed by atoms with Crippen LogP contribution in [0.25, 0.3) is 0 Å². The largest absolute Gasteiger partial charge is 0.408 e. The summed E-state index contributed by atoms with van der Waals surface area (Å²) in [4.78, 5) is 2.54. The molecule has 1 aliphatic heterocycles. The highest BCUT2D eigenvalue weighted by atomic mass is 16.4. The molecule has 0 radical (unpaired) electrons. The summed E-state index contributed by atoms with van der Waals surface area (Å²) in [5, 5.41) is 11.7. The van der Waals surface area contributed by atoms with E-state index in [1.807, 2.05) is 18.2 Å². The van der Waals surface area contributed by atoms with E-state index in [9.17, 15) is 0 Å². The van der Waals surface area contributed by atoms with Crippen LogP contribution in [0, 0.1) is 5.92 Å². The van der Waals surface area contributed by atoms with Crippen LogP contribution in [-0.4, -0.2) is 40.8 Å². The van der Waals surface area contributed by atoms with E-state index in [1.165, 1.54) is 12.1 Å². The smallest absolute Gasteiger partial charge is 0.315 e. The second-order valence-electron chi connectivity index (χ2n) is 6.78. The molecule has 1 N–H and O–H groups in total. The summed E-state index contributed by atoms with van der Waals surface area (Å²) in [6, 6.07) is 11.2. The zero-order chi connectivity index (χ0) is 16.1. The SMILES string of the molecule is CC(C)CN1CCC(Nc2nnc(Cc3ccccc3)o2)CC1. The number of benzene rings is 1. The van der Waals surface area contributed by atoms with Gasteiger partial charge in [-0.15, -0.1) is 5.10 Å². The van der Waals surface area contributed by atoms with Gasteiger partial charge in [-0.3, -0.25) is 0 Å². The lowest BCUT2D eigenvalue weighted by molar-refractivity contribution is 0.197. The number of anilines is 1. The third kappa shape index (κ3) is 4.79. The van der Waals surface area contributed by atoms with Crippen molar-refractivity contribution < 1.29 is 4.42 Å². The first-order valence-corrected chi connectivity index (χ1v) is 8.54. The van der Waals surface area contributed by atoms with E-state index in [4.69, 9.17) is 4.42 Å². The average Bonchev–Trinajstić information content (AvgIpc) is 2.97. The molecular formula is C18H26N4O. The molecule has 3 rings (SSSR count). The lowest BCUT2D eigenvalue weighted by atomic mass is 10.0. The van der Waals surface area contributed by atoms with Gasteiger partial charge in [0.25, 0.3) is 0 Å². The molecule has 2 aromatic rings. The van der Waals surface area contributed by atoms with Gasteiger partial charge < -0.3 is 14.6 Å². The van der Waals surface area contributed by atoms with Crippen LogP contribution in [0.2, 0.25) is 0 Å². The molecule has 1 aromatic heterocycles. The molecule has 23 heavy (non-hydrogen) atoms. The van der Waals surface area contributed by atoms with E-state index in [1.54, 1.807) is 0 Å². The minimum atomic E-state index is 0.434. The standard InChI is InChI=1S/C18H26N4O/c1-14(2)13-22-10-8-16(9-11-22)19-18-21-20-17(23-18)12-15-6-4-3-5-7-15/h3-7,14,16H,8-13H2,1-2H3,(H,19,21). The molecule has 0 unspecified atom stereocenters. The number of hydrogen-bond donors (Lipinski definition) is 1. The summed E-state index contributed by atoms with van der Waals surface area (Å²) in [7, 11) is 0. The summed E-state index contributed by atoms with van der Waals surface area (Å²) in [6.45, 7) is 8.02. The fourth-order valence-electron chi connectivity index (χ4n) is 3.10. The van der Waals surface area contributed by atoms with E-state index < -0.39 is 0 Å². The highest BCUT2D eigenvalue weighted by Gasteiger charge is 2.21. The molecule has 0 saturated carbocycles. The van der Waals surface area contributed by atoms with Crippen molar-refractivity contribution in [3.05, 3.63) is 41.8 Å². The third-order valence-electron chi connectivity index (χ3n) is 4.20. The lowest BCUT2D eigenvalue weighted by Crippen LogP contribution is -2.40. The van der Waals surface area contributed by atoms with E-state index in [0.717, 1.165) is 31.8 Å². The molecule has 5 heteroatoms. The number of hydrogen-bond acceptors (Lipinski definition) is 5. The molecule has 2 heterocycles. The number of nitrogens with one attached hydrogen (secondary N) is 1. The molecule has 1 aliphatic rings. The van der Waals surface area contributed by atoms with Crippen LogP contribution in [0.15, 0.2) is 34.7 Å². The first-order chi connectivity index (χ1) is 11.2. The number of piperidine rings is 1. The topological polar surface area (TPSA) is 54.2 Å². The van der Waals surface area contributed by atoms with Gasteiger partial charge in [-0.2, -0.15) is 0 Å². The maximum Gasteiger partial charge on any atom is 0.315 e. The summed E-state index contributed by atoms with van der Waals surface area (Å²) in [6.07, 6.45) is 2.94. The molecule has 1 aromatic carbocycles. The van der Waals surface area contributed by atoms with Crippen molar-refractivity contribution in [2.24, 2.45) is 5.92 Å². The Morgan fingerprint density at radius 3 is 2.61 bits per heavy atom. The van der Waals surface area contributed by atoms with Crippen molar-refractivity contribution >= 4 is 6.01 Å². The summed E-state index contributed by atoms with van der Waals surface area (Å²) < 4.78 is 5.73. The van der Waals surface area contributed by atoms with Gasteiger partial charge >= 0.3 is 6.01 Å². The zero-order valence-corrected chi connectivity index (χ0v) is 14.0. The molecule has 0 bridgehead atoms. The Bertz CT molecular complexity index is 588. The Kier molecular flexibility index (Phi) is 5.28. The summed E-state index contributed by atoms with van der Waals surface area (Å²) in [5.41, 5.74) is 1.18. The third-order valence-corrected chi connectivity index (χ3v) is 4.20. The van der Waals surface area contributed by atoms with Gasteiger partial charge in [0.15, 0.2) is 0 Å². The van der Waals surface area contributed by atoms with Crippen LogP contribution in [0.4, 0.5) is 6.01 Å². The fourth-order valence-corrected chi connectivity index (χ4v) is 3.10. The first-order valence-electron chi connectivity index (χ1n) is 8.54. The second-order valence-corrected chi connectivity index (χ2v) is 6.78. The Morgan fingerprint density at radius 1 is 1.17 bits per heavy atom. The highest BCUT2D eigenvalue weighted by Crippen LogP contribution is 2.17. The minimum Gasteiger partial charge on any atom is -0.408 e. The van der Waals surface area contributed by atoms with Gasteiger partial charge in [0, 0.05) is 25.7 Å². The van der Waals surface area contributed by atoms with Crippen molar-refractivity contribution in [1.29, 1.82) is 0 Å². The Balaban J connectivity index is 1.48. The average molecular weight is 314 g/mol. The van der Waals surface area contributed by atoms with Gasteiger partial charge in [0.2, 0.25) is 5.89 Å². The molecule has 124 valence electrons. The zero-order valence-electron chi connectivity index (χ0n) is 14.0. The molecule has 1 saturated heterocycles. The van der Waals surface area contributed by atoms with E-state index in [2.05, 4.69) is 46.4 Å². The normalized spacial score (nSPS) is 16.8. The fraction of sp³-hybridized carbons (Fsp3) is 0.556. The predicted molar refractivity (Wildman–Crippen MR) is 91.5 cm³/mol. The molecule has 0 amide bonds. The van der Waals surface area contributed by atoms with Gasteiger partial charge in [-0.25, -0.2) is 0 Å². The van der Waals surface area contributed by atoms with Crippen molar-refractivity contribution in [3.8, 4) is 0 Å². The maximum atomic E-state index is 5.73. The number of rotatable bonds is 6. The van der Waals surface area contributed by atoms with Gasteiger partial charge in [-0.1, -0.05) is 49.3 Å². The van der Waals surface area contributed by atoms with Crippen molar-refractivity contribution in [2.75, 3.05) is 25.0 Å². The van der Waals surface area contributed by atoms with Crippen molar-refractivity contribution in [3.63, 3.8) is 0 Å². The molecular weight excluding hydrogens is 288 g/mol. The highest BCUT2D eigenvalue weighted by molar-refractivity contribution is 5.22. The molecule has 0 atom stereocenters. The number of likely N-dealkylation sites (tertiary alicyclic amines) is 1. The Morgan fingerprint density at radius 2 is 1.91 bits per heavy atom. The van der Waals surface area contributed by atoms with Crippen molar-refractivity contribution in [1.82, 2.24) is 15.1 Å². The van der Waals surface area contributed by atoms with E-state index >= 15 is 0 Å². The predicted octanol–water partition coefficient (Wildman–Crippen LogP) is 3.19. The minimum absolute atomic E-state index is 0.434. The van der Waals surface area contributed by atoms with Crippen LogP contribution in [0.5, 0.6) is 0 Å². The summed E-state index contributed by atoms with van der Waals surface area (Å²) in [5.74, 6) is 1.40. The lowest BCUT2D eigenvalue weighted by Gasteiger charge is -2.32. The quantitative estimate of drug-likeness (QED) is 0.887. The van der Waals surface area contributed by atoms with Crippen molar-refractivity contribution in [2.45, 2.75) is 39.2 Å². The second kappa shape index (κ2) is 7.59. The van der Waals surface area contributed by atoms with E-state index in [0.29, 0.717) is 24.4 Å². The summed E-state index contributed by atoms with van der Waals surface area (Å²) >= 11 is 0. The number of nitrogens with zero attached hydrogens (tertiary/aromatic N) is 3. The van der Waals surface area contributed by atoms with Gasteiger partial charge in [0.05, 0.1) is 6.42 Å². The molecule has 5 nitrogen and oxygen atoms in total. The first kappa shape index (κ1) is 16.0. The monoisotopic (exact) mass is 314 g/mol. The van der Waals surface area contributed by atoms with Crippen LogP contribution in [0.3, 0.4) is 0 Å². The van der Waals surface area contributed by atoms with Crippen LogP contribution < -0.4 is 5.32 Å². The maximum absolute atomic E-state index is 5.73. The Hall–Kier alpha value is -1.88. The van der Waals surface area contributed by atoms with Crippen LogP contribution >= 0.6 is 0 Å². The van der Waals surface area contributed by atoms with Crippen LogP contribution in [-0.2, 0) is 6.42 Å². The van der Waals surface area contributed by atoms with Gasteiger partial charge in [-0.05, 0) is 24.3 Å². The Labute approximate surface area is 138 Å². The molecule has 0 aliphatic carbocycles. The van der Waals surface area contributed by atoms with Crippen LogP contribution in [0.1, 0.15) is 38.1 Å². The van der Waals surface area contributed by atoms with E-state index in [-0.39, 0.29) is 0 Å². The number of aromatic nitrogens is 2. The molecule has 0 spiro atoms. The van der Waals surface area contributed by atoms with Gasteiger partial charge in [0.1, 0.15) is 0 Å². The molecule has 1 fully saturated rings.